The van der Waals surface area contributed by atoms with Gasteiger partial charge >= 0.3 is 0 Å². The van der Waals surface area contributed by atoms with Gasteiger partial charge in [-0.15, -0.1) is 11.6 Å². The Hall–Kier alpha value is -1.09. The van der Waals surface area contributed by atoms with Crippen LogP contribution in [0.1, 0.15) is 38.1 Å². The molecule has 18 heavy (non-hydrogen) atoms. The SMILES string of the molecule is Cc1ccnc2c1nc(CCl)n2CCCC(C)C. The van der Waals surface area contributed by atoms with E-state index in [-0.39, 0.29) is 0 Å². The highest BCUT2D eigenvalue weighted by Gasteiger charge is 2.12. The molecular formula is C14H20ClN3. The number of alkyl halides is 1. The van der Waals surface area contributed by atoms with Crippen LogP contribution in [0.4, 0.5) is 0 Å². The van der Waals surface area contributed by atoms with Crippen LogP contribution < -0.4 is 0 Å². The zero-order chi connectivity index (χ0) is 13.1. The molecule has 0 amide bonds. The van der Waals surface area contributed by atoms with Gasteiger partial charge in [0.2, 0.25) is 0 Å². The molecule has 0 aliphatic carbocycles. The molecular weight excluding hydrogens is 246 g/mol. The van der Waals surface area contributed by atoms with Gasteiger partial charge < -0.3 is 4.57 Å². The number of rotatable bonds is 5. The van der Waals surface area contributed by atoms with Crippen molar-refractivity contribution in [1.82, 2.24) is 14.5 Å². The number of pyridine rings is 1. The minimum absolute atomic E-state index is 0.442. The van der Waals surface area contributed by atoms with E-state index in [0.29, 0.717) is 5.88 Å². The van der Waals surface area contributed by atoms with Crippen molar-refractivity contribution in [3.63, 3.8) is 0 Å². The first-order chi connectivity index (χ1) is 8.63. The summed E-state index contributed by atoms with van der Waals surface area (Å²) in [5.74, 6) is 2.10. The second kappa shape index (κ2) is 5.70. The van der Waals surface area contributed by atoms with Crippen molar-refractivity contribution in [3.8, 4) is 0 Å². The molecule has 2 aromatic heterocycles. The second-order valence-electron chi connectivity index (χ2n) is 5.15. The largest absolute Gasteiger partial charge is 0.312 e. The number of fused-ring (bicyclic) bond motifs is 1. The molecule has 2 aromatic rings. The summed E-state index contributed by atoms with van der Waals surface area (Å²) in [5, 5.41) is 0. The summed E-state index contributed by atoms with van der Waals surface area (Å²) in [7, 11) is 0. The Bertz CT molecular complexity index is 531. The Morgan fingerprint density at radius 3 is 2.83 bits per heavy atom. The van der Waals surface area contributed by atoms with Gasteiger partial charge in [0.05, 0.1) is 5.88 Å². The third-order valence-electron chi connectivity index (χ3n) is 3.20. The van der Waals surface area contributed by atoms with E-state index in [1.54, 1.807) is 0 Å². The summed E-state index contributed by atoms with van der Waals surface area (Å²) in [6.45, 7) is 7.51. The van der Waals surface area contributed by atoms with Crippen molar-refractivity contribution in [2.24, 2.45) is 5.92 Å². The maximum Gasteiger partial charge on any atom is 0.160 e. The molecule has 0 spiro atoms. The predicted octanol–water partition coefficient (Wildman–Crippen LogP) is 3.91. The van der Waals surface area contributed by atoms with Gasteiger partial charge in [-0.1, -0.05) is 13.8 Å². The Kier molecular flexibility index (Phi) is 4.23. The molecule has 0 saturated carbocycles. The topological polar surface area (TPSA) is 30.7 Å². The molecule has 0 bridgehead atoms. The highest BCUT2D eigenvalue weighted by Crippen LogP contribution is 2.19. The molecule has 0 atom stereocenters. The number of hydrogen-bond acceptors (Lipinski definition) is 2. The van der Waals surface area contributed by atoms with E-state index < -0.39 is 0 Å². The third kappa shape index (κ3) is 2.66. The highest BCUT2D eigenvalue weighted by atomic mass is 35.5. The maximum absolute atomic E-state index is 5.99. The van der Waals surface area contributed by atoms with Crippen LogP contribution in [0.2, 0.25) is 0 Å². The monoisotopic (exact) mass is 265 g/mol. The van der Waals surface area contributed by atoms with Crippen LogP contribution in [0, 0.1) is 12.8 Å². The van der Waals surface area contributed by atoms with Gasteiger partial charge in [0.1, 0.15) is 11.3 Å². The zero-order valence-electron chi connectivity index (χ0n) is 11.3. The maximum atomic E-state index is 5.99. The summed E-state index contributed by atoms with van der Waals surface area (Å²) in [6.07, 6.45) is 4.20. The zero-order valence-corrected chi connectivity index (χ0v) is 12.0. The van der Waals surface area contributed by atoms with Crippen molar-refractivity contribution < 1.29 is 0 Å². The first-order valence-electron chi connectivity index (χ1n) is 6.50. The van der Waals surface area contributed by atoms with E-state index >= 15 is 0 Å². The summed E-state index contributed by atoms with van der Waals surface area (Å²) >= 11 is 5.99. The van der Waals surface area contributed by atoms with Crippen molar-refractivity contribution >= 4 is 22.8 Å². The molecule has 0 aliphatic heterocycles. The number of imidazole rings is 1. The van der Waals surface area contributed by atoms with Gasteiger partial charge in [-0.25, -0.2) is 9.97 Å². The molecule has 0 aliphatic rings. The quantitative estimate of drug-likeness (QED) is 0.768. The molecule has 0 fully saturated rings. The van der Waals surface area contributed by atoms with Crippen LogP contribution in [0.3, 0.4) is 0 Å². The van der Waals surface area contributed by atoms with E-state index in [1.165, 1.54) is 6.42 Å². The molecule has 0 unspecified atom stereocenters. The minimum Gasteiger partial charge on any atom is -0.312 e. The summed E-state index contributed by atoms with van der Waals surface area (Å²) < 4.78 is 2.16. The number of halogens is 1. The van der Waals surface area contributed by atoms with Gasteiger partial charge in [-0.05, 0) is 37.3 Å². The Labute approximate surface area is 113 Å². The predicted molar refractivity (Wildman–Crippen MR) is 75.9 cm³/mol. The van der Waals surface area contributed by atoms with Crippen LogP contribution in [0.25, 0.3) is 11.2 Å². The van der Waals surface area contributed by atoms with Gasteiger partial charge in [0.15, 0.2) is 5.65 Å². The number of aryl methyl sites for hydroxylation is 2. The lowest BCUT2D eigenvalue weighted by Crippen LogP contribution is -2.04. The Balaban J connectivity index is 2.32. The second-order valence-corrected chi connectivity index (χ2v) is 5.42. The standard InChI is InChI=1S/C14H20ClN3/c1-10(2)5-4-8-18-12(9-15)17-13-11(3)6-7-16-14(13)18/h6-7,10H,4-5,8-9H2,1-3H3. The van der Waals surface area contributed by atoms with Crippen LogP contribution in [-0.2, 0) is 12.4 Å². The summed E-state index contributed by atoms with van der Waals surface area (Å²) in [6, 6.07) is 1.99. The van der Waals surface area contributed by atoms with E-state index in [0.717, 1.165) is 41.4 Å². The number of nitrogens with zero attached hydrogens (tertiary/aromatic N) is 3. The van der Waals surface area contributed by atoms with Crippen molar-refractivity contribution in [2.45, 2.75) is 46.0 Å². The van der Waals surface area contributed by atoms with Gasteiger partial charge in [0, 0.05) is 12.7 Å². The summed E-state index contributed by atoms with van der Waals surface area (Å²) in [5.41, 5.74) is 3.11. The number of hydrogen-bond donors (Lipinski definition) is 0. The molecule has 2 heterocycles. The first-order valence-corrected chi connectivity index (χ1v) is 7.03. The average molecular weight is 266 g/mol. The molecule has 0 N–H and O–H groups in total. The summed E-state index contributed by atoms with van der Waals surface area (Å²) in [4.78, 5) is 9.05. The lowest BCUT2D eigenvalue weighted by atomic mass is 10.1. The first kappa shape index (κ1) is 13.3. The fourth-order valence-corrected chi connectivity index (χ4v) is 2.38. The third-order valence-corrected chi connectivity index (χ3v) is 3.44. The molecule has 3 nitrogen and oxygen atoms in total. The Morgan fingerprint density at radius 2 is 2.17 bits per heavy atom. The minimum atomic E-state index is 0.442. The lowest BCUT2D eigenvalue weighted by Gasteiger charge is -2.08. The van der Waals surface area contributed by atoms with Crippen LogP contribution in [0.5, 0.6) is 0 Å². The normalized spacial score (nSPS) is 11.6. The van der Waals surface area contributed by atoms with E-state index in [1.807, 2.05) is 12.3 Å². The van der Waals surface area contributed by atoms with Crippen LogP contribution in [0.15, 0.2) is 12.3 Å². The molecule has 2 rings (SSSR count). The van der Waals surface area contributed by atoms with E-state index in [4.69, 9.17) is 11.6 Å². The van der Waals surface area contributed by atoms with Crippen molar-refractivity contribution in [2.75, 3.05) is 0 Å². The van der Waals surface area contributed by atoms with Gasteiger partial charge in [-0.2, -0.15) is 0 Å². The fraction of sp³-hybridized carbons (Fsp3) is 0.571. The highest BCUT2D eigenvalue weighted by molar-refractivity contribution is 6.16. The average Bonchev–Trinajstić information content (AvgIpc) is 2.69. The Morgan fingerprint density at radius 1 is 1.39 bits per heavy atom. The fourth-order valence-electron chi connectivity index (χ4n) is 2.18. The van der Waals surface area contributed by atoms with Crippen LogP contribution in [-0.4, -0.2) is 14.5 Å². The molecule has 0 saturated heterocycles. The molecule has 0 radical (unpaired) electrons. The van der Waals surface area contributed by atoms with Crippen molar-refractivity contribution in [3.05, 3.63) is 23.7 Å². The van der Waals surface area contributed by atoms with Gasteiger partial charge in [-0.3, -0.25) is 0 Å². The van der Waals surface area contributed by atoms with E-state index in [9.17, 15) is 0 Å². The van der Waals surface area contributed by atoms with E-state index in [2.05, 4.69) is 35.3 Å². The van der Waals surface area contributed by atoms with Gasteiger partial charge in [0.25, 0.3) is 0 Å². The molecule has 98 valence electrons. The lowest BCUT2D eigenvalue weighted by molar-refractivity contribution is 0.511. The van der Waals surface area contributed by atoms with Crippen molar-refractivity contribution in [1.29, 1.82) is 0 Å². The number of aromatic nitrogens is 3. The van der Waals surface area contributed by atoms with Crippen LogP contribution >= 0.6 is 11.6 Å². The molecule has 4 heteroatoms. The smallest absolute Gasteiger partial charge is 0.160 e. The molecule has 0 aromatic carbocycles.